The van der Waals surface area contributed by atoms with Crippen molar-refractivity contribution in [3.8, 4) is 0 Å². The largest absolute Gasteiger partial charge is 0.383 e. The first-order valence-electron chi connectivity index (χ1n) is 6.30. The third kappa shape index (κ3) is 4.77. The fraction of sp³-hybridized carbons (Fsp3) is 0.583. The van der Waals surface area contributed by atoms with E-state index in [1.54, 1.807) is 19.1 Å². The molecule has 0 radical (unpaired) electrons. The Balaban J connectivity index is 2.88. The highest BCUT2D eigenvalue weighted by Crippen LogP contribution is 2.17. The van der Waals surface area contributed by atoms with Crippen molar-refractivity contribution in [2.75, 3.05) is 25.1 Å². The summed E-state index contributed by atoms with van der Waals surface area (Å²) in [6.45, 7) is 7.03. The number of aromatic nitrogens is 1. The molecule has 0 aliphatic carbocycles. The van der Waals surface area contributed by atoms with Crippen molar-refractivity contribution in [1.82, 2.24) is 9.71 Å². The summed E-state index contributed by atoms with van der Waals surface area (Å²) in [7, 11) is -3.65. The minimum Gasteiger partial charge on any atom is -0.383 e. The first-order chi connectivity index (χ1) is 9.01. The predicted octanol–water partition coefficient (Wildman–Crippen LogP) is 1.22. The number of hydrogen-bond acceptors (Lipinski definition) is 5. The summed E-state index contributed by atoms with van der Waals surface area (Å²) in [5.41, 5.74) is 0.501. The van der Waals surface area contributed by atoms with Gasteiger partial charge in [0.15, 0.2) is 5.03 Å². The van der Waals surface area contributed by atoms with Gasteiger partial charge in [0.25, 0.3) is 10.0 Å². The molecule has 0 saturated carbocycles. The highest BCUT2D eigenvalue weighted by molar-refractivity contribution is 7.89. The molecule has 1 aromatic rings. The van der Waals surface area contributed by atoms with Crippen LogP contribution < -0.4 is 10.0 Å². The van der Waals surface area contributed by atoms with E-state index < -0.39 is 10.0 Å². The Morgan fingerprint density at radius 2 is 2.16 bits per heavy atom. The van der Waals surface area contributed by atoms with Crippen LogP contribution in [0.5, 0.6) is 0 Å². The third-order valence-corrected chi connectivity index (χ3v) is 3.87. The Morgan fingerprint density at radius 1 is 1.42 bits per heavy atom. The molecule has 0 saturated heterocycles. The molecule has 1 atom stereocenters. The number of rotatable bonds is 8. The van der Waals surface area contributed by atoms with Gasteiger partial charge in [-0.1, -0.05) is 0 Å². The number of nitrogens with zero attached hydrogens (tertiary/aromatic N) is 1. The molecule has 19 heavy (non-hydrogen) atoms. The van der Waals surface area contributed by atoms with Gasteiger partial charge in [0.1, 0.15) is 0 Å². The molecule has 1 unspecified atom stereocenters. The van der Waals surface area contributed by atoms with Crippen LogP contribution in [0.2, 0.25) is 0 Å². The topological polar surface area (TPSA) is 80.3 Å². The molecule has 0 aliphatic heterocycles. The van der Waals surface area contributed by atoms with Crippen LogP contribution in [0.3, 0.4) is 0 Å². The molecule has 0 bridgehead atoms. The van der Waals surface area contributed by atoms with Gasteiger partial charge in [0.2, 0.25) is 0 Å². The van der Waals surface area contributed by atoms with E-state index >= 15 is 0 Å². The van der Waals surface area contributed by atoms with Crippen molar-refractivity contribution in [2.24, 2.45) is 0 Å². The molecule has 6 nitrogen and oxygen atoms in total. The van der Waals surface area contributed by atoms with E-state index in [0.717, 1.165) is 0 Å². The quantitative estimate of drug-likeness (QED) is 0.751. The Hall–Kier alpha value is -1.18. The van der Waals surface area contributed by atoms with Crippen LogP contribution in [0, 0.1) is 0 Å². The minimum absolute atomic E-state index is 0.0141. The predicted molar refractivity (Wildman–Crippen MR) is 74.7 cm³/mol. The molecule has 1 aromatic heterocycles. The van der Waals surface area contributed by atoms with Gasteiger partial charge in [0, 0.05) is 25.4 Å². The van der Waals surface area contributed by atoms with Crippen molar-refractivity contribution < 1.29 is 13.2 Å². The minimum atomic E-state index is -3.65. The van der Waals surface area contributed by atoms with Gasteiger partial charge in [-0.3, -0.25) is 0 Å². The lowest BCUT2D eigenvalue weighted by Crippen LogP contribution is -2.36. The van der Waals surface area contributed by atoms with E-state index in [9.17, 15) is 8.42 Å². The average molecular weight is 287 g/mol. The van der Waals surface area contributed by atoms with Crippen LogP contribution in [-0.2, 0) is 14.8 Å². The van der Waals surface area contributed by atoms with Crippen LogP contribution in [-0.4, -0.2) is 39.2 Å². The number of ether oxygens (including phenoxy) is 1. The van der Waals surface area contributed by atoms with Crippen molar-refractivity contribution in [3.63, 3.8) is 0 Å². The van der Waals surface area contributed by atoms with Crippen LogP contribution in [0.4, 0.5) is 5.69 Å². The summed E-state index contributed by atoms with van der Waals surface area (Å²) in [5, 5.41) is 3.00. The second-order valence-corrected chi connectivity index (χ2v) is 5.70. The molecule has 1 rings (SSSR count). The first-order valence-corrected chi connectivity index (χ1v) is 7.78. The highest BCUT2D eigenvalue weighted by atomic mass is 32.2. The monoisotopic (exact) mass is 287 g/mol. The van der Waals surface area contributed by atoms with Crippen molar-refractivity contribution in [1.29, 1.82) is 0 Å². The summed E-state index contributed by atoms with van der Waals surface area (Å²) < 4.78 is 32.2. The summed E-state index contributed by atoms with van der Waals surface area (Å²) >= 11 is 0. The number of hydrogen-bond donors (Lipinski definition) is 2. The first kappa shape index (κ1) is 15.9. The summed E-state index contributed by atoms with van der Waals surface area (Å²) in [6, 6.07) is 3.08. The molecular formula is C12H21N3O3S. The standard InChI is InChI=1S/C12H21N3O3S/c1-4-13-11-7-6-8-14-12(11)19(16,17)15-10(3)9-18-5-2/h6-8,10,13,15H,4-5,9H2,1-3H3. The zero-order valence-electron chi connectivity index (χ0n) is 11.5. The van der Waals surface area contributed by atoms with Gasteiger partial charge in [-0.05, 0) is 32.9 Å². The zero-order valence-corrected chi connectivity index (χ0v) is 12.3. The van der Waals surface area contributed by atoms with Crippen LogP contribution in [0.15, 0.2) is 23.4 Å². The Morgan fingerprint density at radius 3 is 2.79 bits per heavy atom. The Bertz CT molecular complexity index is 491. The normalized spacial score (nSPS) is 13.2. The van der Waals surface area contributed by atoms with Gasteiger partial charge >= 0.3 is 0 Å². The van der Waals surface area contributed by atoms with Gasteiger partial charge in [-0.2, -0.15) is 0 Å². The van der Waals surface area contributed by atoms with Gasteiger partial charge in [0.05, 0.1) is 12.3 Å². The van der Waals surface area contributed by atoms with Gasteiger partial charge in [-0.15, -0.1) is 0 Å². The second-order valence-electron chi connectivity index (χ2n) is 4.07. The SMILES string of the molecule is CCNc1cccnc1S(=O)(=O)NC(C)COCC. The summed E-state index contributed by atoms with van der Waals surface area (Å²) in [6.07, 6.45) is 1.46. The highest BCUT2D eigenvalue weighted by Gasteiger charge is 2.22. The molecular weight excluding hydrogens is 266 g/mol. The van der Waals surface area contributed by atoms with Crippen molar-refractivity contribution in [3.05, 3.63) is 18.3 Å². The number of nitrogens with one attached hydrogen (secondary N) is 2. The number of sulfonamides is 1. The maximum Gasteiger partial charge on any atom is 0.260 e. The van der Waals surface area contributed by atoms with Crippen molar-refractivity contribution in [2.45, 2.75) is 31.8 Å². The van der Waals surface area contributed by atoms with Gasteiger partial charge in [-0.25, -0.2) is 18.1 Å². The lowest BCUT2D eigenvalue weighted by Gasteiger charge is -2.15. The lowest BCUT2D eigenvalue weighted by atomic mass is 10.4. The third-order valence-electron chi connectivity index (χ3n) is 2.32. The lowest BCUT2D eigenvalue weighted by molar-refractivity contribution is 0.133. The second kappa shape index (κ2) is 7.42. The van der Waals surface area contributed by atoms with Crippen LogP contribution in [0.25, 0.3) is 0 Å². The Labute approximate surface area is 114 Å². The van der Waals surface area contributed by atoms with E-state index in [4.69, 9.17) is 4.74 Å². The molecule has 0 spiro atoms. The average Bonchev–Trinajstić information content (AvgIpc) is 2.37. The number of anilines is 1. The van der Waals surface area contributed by atoms with E-state index in [1.165, 1.54) is 6.20 Å². The van der Waals surface area contributed by atoms with Crippen molar-refractivity contribution >= 4 is 15.7 Å². The van der Waals surface area contributed by atoms with E-state index in [1.807, 2.05) is 13.8 Å². The molecule has 108 valence electrons. The molecule has 0 aromatic carbocycles. The fourth-order valence-corrected chi connectivity index (χ4v) is 2.92. The van der Waals surface area contributed by atoms with Gasteiger partial charge < -0.3 is 10.1 Å². The summed E-state index contributed by atoms with van der Waals surface area (Å²) in [4.78, 5) is 3.95. The molecule has 1 heterocycles. The molecule has 0 fully saturated rings. The molecule has 0 amide bonds. The van der Waals surface area contributed by atoms with E-state index in [-0.39, 0.29) is 11.1 Å². The van der Waals surface area contributed by atoms with E-state index in [0.29, 0.717) is 25.4 Å². The molecule has 0 aliphatic rings. The maximum atomic E-state index is 12.2. The van der Waals surface area contributed by atoms with E-state index in [2.05, 4.69) is 15.0 Å². The molecule has 7 heteroatoms. The Kier molecular flexibility index (Phi) is 6.20. The number of pyridine rings is 1. The maximum absolute atomic E-state index is 12.2. The van der Waals surface area contributed by atoms with Crippen LogP contribution >= 0.6 is 0 Å². The van der Waals surface area contributed by atoms with Crippen LogP contribution in [0.1, 0.15) is 20.8 Å². The zero-order chi connectivity index (χ0) is 14.3. The summed E-state index contributed by atoms with van der Waals surface area (Å²) in [5.74, 6) is 0. The smallest absolute Gasteiger partial charge is 0.260 e. The fourth-order valence-electron chi connectivity index (χ4n) is 1.58. The molecule has 2 N–H and O–H groups in total.